The summed E-state index contributed by atoms with van der Waals surface area (Å²) in [6, 6.07) is 10.2. The Balaban J connectivity index is 2.19. The van der Waals surface area contributed by atoms with Crippen molar-refractivity contribution in [2.45, 2.75) is 6.54 Å². The maximum atomic E-state index is 12.6. The molecule has 0 radical (unpaired) electrons. The van der Waals surface area contributed by atoms with Gasteiger partial charge in [0.15, 0.2) is 11.5 Å². The number of hydrogen-bond donors (Lipinski definition) is 2. The van der Waals surface area contributed by atoms with Crippen LogP contribution in [0.5, 0.6) is 17.2 Å². The number of carbonyl (C=O) groups is 2. The molecule has 0 aromatic heterocycles. The lowest BCUT2D eigenvalue weighted by atomic mass is 10.1. The summed E-state index contributed by atoms with van der Waals surface area (Å²) in [5.41, 5.74) is 1.66. The highest BCUT2D eigenvalue weighted by molar-refractivity contribution is 5.98. The molecule has 2 aromatic carbocycles. The van der Waals surface area contributed by atoms with Gasteiger partial charge in [-0.15, -0.1) is 0 Å². The third kappa shape index (κ3) is 4.24. The molecule has 2 N–H and O–H groups in total. The molecule has 2 aromatic rings. The van der Waals surface area contributed by atoms with Crippen molar-refractivity contribution in [1.82, 2.24) is 10.6 Å². The van der Waals surface area contributed by atoms with Crippen molar-refractivity contribution in [2.24, 2.45) is 0 Å². The standard InChI is InChI=1S/C19H22N2O5/c1-20-18(22)13-7-5-6-12(8-13)11-21-19(23)14-9-16(25-3)17(26-4)10-15(14)24-2/h5-10H,11H2,1-4H3,(H,20,22)(H,21,23). The lowest BCUT2D eigenvalue weighted by Crippen LogP contribution is -2.24. The second-order valence-corrected chi connectivity index (χ2v) is 5.37. The van der Waals surface area contributed by atoms with Crippen LogP contribution in [0.25, 0.3) is 0 Å². The highest BCUT2D eigenvalue weighted by atomic mass is 16.5. The molecule has 138 valence electrons. The van der Waals surface area contributed by atoms with E-state index in [4.69, 9.17) is 14.2 Å². The summed E-state index contributed by atoms with van der Waals surface area (Å²) in [6.45, 7) is 0.265. The lowest BCUT2D eigenvalue weighted by Gasteiger charge is -2.14. The number of ether oxygens (including phenoxy) is 3. The number of rotatable bonds is 7. The summed E-state index contributed by atoms with van der Waals surface area (Å²) >= 11 is 0. The SMILES string of the molecule is CNC(=O)c1cccc(CNC(=O)c2cc(OC)c(OC)cc2OC)c1. The molecule has 0 unspecified atom stereocenters. The summed E-state index contributed by atoms with van der Waals surface area (Å²) in [5, 5.41) is 5.39. The molecule has 2 amide bonds. The Hall–Kier alpha value is -3.22. The van der Waals surface area contributed by atoms with E-state index in [0.717, 1.165) is 5.56 Å². The molecule has 0 saturated heterocycles. The van der Waals surface area contributed by atoms with Gasteiger partial charge < -0.3 is 24.8 Å². The number of hydrogen-bond acceptors (Lipinski definition) is 5. The van der Waals surface area contributed by atoms with Crippen LogP contribution in [-0.2, 0) is 6.54 Å². The van der Waals surface area contributed by atoms with Crippen LogP contribution in [0.3, 0.4) is 0 Å². The van der Waals surface area contributed by atoms with Crippen LogP contribution in [0.4, 0.5) is 0 Å². The Labute approximate surface area is 152 Å². The van der Waals surface area contributed by atoms with Crippen LogP contribution in [0.15, 0.2) is 36.4 Å². The zero-order chi connectivity index (χ0) is 19.1. The van der Waals surface area contributed by atoms with Gasteiger partial charge in [-0.25, -0.2) is 0 Å². The molecule has 26 heavy (non-hydrogen) atoms. The molecule has 0 atom stereocenters. The third-order valence-corrected chi connectivity index (χ3v) is 3.82. The maximum Gasteiger partial charge on any atom is 0.255 e. The fourth-order valence-electron chi connectivity index (χ4n) is 2.45. The normalized spacial score (nSPS) is 10.0. The Morgan fingerprint density at radius 3 is 2.15 bits per heavy atom. The average molecular weight is 358 g/mol. The summed E-state index contributed by atoms with van der Waals surface area (Å²) in [7, 11) is 6.05. The van der Waals surface area contributed by atoms with Crippen molar-refractivity contribution in [2.75, 3.05) is 28.4 Å². The van der Waals surface area contributed by atoms with Gasteiger partial charge in [-0.05, 0) is 17.7 Å². The van der Waals surface area contributed by atoms with E-state index >= 15 is 0 Å². The van der Waals surface area contributed by atoms with Gasteiger partial charge in [0.1, 0.15) is 5.75 Å². The fraction of sp³-hybridized carbons (Fsp3) is 0.263. The first-order valence-corrected chi connectivity index (χ1v) is 7.93. The minimum Gasteiger partial charge on any atom is -0.496 e. The van der Waals surface area contributed by atoms with Crippen molar-refractivity contribution in [3.8, 4) is 17.2 Å². The van der Waals surface area contributed by atoms with E-state index in [1.807, 2.05) is 6.07 Å². The van der Waals surface area contributed by atoms with Crippen LogP contribution in [0.1, 0.15) is 26.3 Å². The minimum absolute atomic E-state index is 0.181. The highest BCUT2D eigenvalue weighted by Gasteiger charge is 2.17. The van der Waals surface area contributed by atoms with Gasteiger partial charge in [-0.3, -0.25) is 9.59 Å². The van der Waals surface area contributed by atoms with Crippen molar-refractivity contribution in [1.29, 1.82) is 0 Å². The van der Waals surface area contributed by atoms with E-state index in [1.54, 1.807) is 37.4 Å². The van der Waals surface area contributed by atoms with Gasteiger partial charge in [0.05, 0.1) is 26.9 Å². The van der Waals surface area contributed by atoms with Crippen molar-refractivity contribution < 1.29 is 23.8 Å². The van der Waals surface area contributed by atoms with E-state index in [0.29, 0.717) is 28.4 Å². The monoisotopic (exact) mass is 358 g/mol. The van der Waals surface area contributed by atoms with Crippen LogP contribution in [0, 0.1) is 0 Å². The molecule has 0 fully saturated rings. The Kier molecular flexibility index (Phi) is 6.43. The van der Waals surface area contributed by atoms with Crippen LogP contribution >= 0.6 is 0 Å². The Bertz CT molecular complexity index is 805. The molecule has 0 aliphatic heterocycles. The van der Waals surface area contributed by atoms with E-state index in [9.17, 15) is 9.59 Å². The molecule has 7 nitrogen and oxygen atoms in total. The predicted octanol–water partition coefficient (Wildman–Crippen LogP) is 2.00. The first-order valence-electron chi connectivity index (χ1n) is 7.93. The van der Waals surface area contributed by atoms with E-state index in [1.165, 1.54) is 21.3 Å². The summed E-state index contributed by atoms with van der Waals surface area (Å²) in [4.78, 5) is 24.3. The first kappa shape index (κ1) is 19.1. The zero-order valence-corrected chi connectivity index (χ0v) is 15.2. The predicted molar refractivity (Wildman–Crippen MR) is 97.1 cm³/mol. The topological polar surface area (TPSA) is 85.9 Å². The molecule has 0 bridgehead atoms. The van der Waals surface area contributed by atoms with Crippen molar-refractivity contribution >= 4 is 11.8 Å². The Morgan fingerprint density at radius 2 is 1.54 bits per heavy atom. The largest absolute Gasteiger partial charge is 0.496 e. The number of amides is 2. The van der Waals surface area contributed by atoms with Gasteiger partial charge in [0.2, 0.25) is 0 Å². The molecule has 2 rings (SSSR count). The second-order valence-electron chi connectivity index (χ2n) is 5.37. The van der Waals surface area contributed by atoms with Gasteiger partial charge in [0.25, 0.3) is 11.8 Å². The van der Waals surface area contributed by atoms with Crippen molar-refractivity contribution in [3.05, 3.63) is 53.1 Å². The van der Waals surface area contributed by atoms with E-state index in [-0.39, 0.29) is 18.4 Å². The fourth-order valence-corrected chi connectivity index (χ4v) is 2.45. The lowest BCUT2D eigenvalue weighted by molar-refractivity contribution is 0.0945. The molecule has 0 aliphatic carbocycles. The van der Waals surface area contributed by atoms with E-state index < -0.39 is 0 Å². The number of carbonyl (C=O) groups excluding carboxylic acids is 2. The molecule has 0 saturated carbocycles. The smallest absolute Gasteiger partial charge is 0.255 e. The molecule has 7 heteroatoms. The van der Waals surface area contributed by atoms with Crippen LogP contribution in [-0.4, -0.2) is 40.2 Å². The maximum absolute atomic E-state index is 12.6. The second kappa shape index (κ2) is 8.75. The van der Waals surface area contributed by atoms with Gasteiger partial charge in [0, 0.05) is 31.3 Å². The summed E-state index contributed by atoms with van der Waals surface area (Å²) < 4.78 is 15.7. The molecule has 0 heterocycles. The molecular weight excluding hydrogens is 336 g/mol. The zero-order valence-electron chi connectivity index (χ0n) is 15.2. The number of benzene rings is 2. The molecule has 0 spiro atoms. The third-order valence-electron chi connectivity index (χ3n) is 3.82. The van der Waals surface area contributed by atoms with Gasteiger partial charge >= 0.3 is 0 Å². The number of methoxy groups -OCH3 is 3. The minimum atomic E-state index is -0.326. The highest BCUT2D eigenvalue weighted by Crippen LogP contribution is 2.34. The quantitative estimate of drug-likeness (QED) is 0.791. The molecular formula is C19H22N2O5. The summed E-state index contributed by atoms with van der Waals surface area (Å²) in [6.07, 6.45) is 0. The average Bonchev–Trinajstić information content (AvgIpc) is 2.70. The molecule has 0 aliphatic rings. The van der Waals surface area contributed by atoms with E-state index in [2.05, 4.69) is 10.6 Å². The van der Waals surface area contributed by atoms with Crippen LogP contribution < -0.4 is 24.8 Å². The number of nitrogens with one attached hydrogen (secondary N) is 2. The summed E-state index contributed by atoms with van der Waals surface area (Å²) in [5.74, 6) is 0.770. The van der Waals surface area contributed by atoms with Gasteiger partial charge in [-0.2, -0.15) is 0 Å². The van der Waals surface area contributed by atoms with Crippen molar-refractivity contribution in [3.63, 3.8) is 0 Å². The van der Waals surface area contributed by atoms with Crippen LogP contribution in [0.2, 0.25) is 0 Å². The van der Waals surface area contributed by atoms with Gasteiger partial charge in [-0.1, -0.05) is 12.1 Å². The Morgan fingerprint density at radius 1 is 0.885 bits per heavy atom. The first-order chi connectivity index (χ1) is 12.5.